The van der Waals surface area contributed by atoms with E-state index in [1.807, 2.05) is 12.1 Å². The zero-order chi connectivity index (χ0) is 75.7. The van der Waals surface area contributed by atoms with Crippen LogP contribution < -0.4 is 69.1 Å². The number of ether oxygens (including phenoxy) is 1. The largest absolute Gasteiger partial charge is 0.481 e. The van der Waals surface area contributed by atoms with Crippen LogP contribution >= 0.6 is 33.3 Å². The SMILES string of the molecule is CNC(=O)[C@@H]1CSCC(=O)N[C@@H](CCCCNC(=O)Cc2ccc3c(c2)C(C)(C)C2=C4C=C5C6=[N+](CCC5OC4CCN23)c2ccc(S(=O)(=O)O)cc2C6(C)C)C(=O)N[C@H]2CSSC[C@H](NC(=O)[C@H](CC(=O)O)NC(=O)CNC(=O)[C@H](CCCNC(=N)N)NC2=O)C(=O)N[C@@H](Cc2ccccc2)C(=O)N1. The van der Waals surface area contributed by atoms with Crippen molar-refractivity contribution in [3.63, 3.8) is 0 Å². The zero-order valence-electron chi connectivity index (χ0n) is 58.8. The van der Waals surface area contributed by atoms with E-state index in [0.717, 1.165) is 96.8 Å². The van der Waals surface area contributed by atoms with Crippen LogP contribution in [0, 0.1) is 5.41 Å². The number of unbranched alkanes of at least 4 members (excludes halogenated alkanes) is 1. The first-order valence-corrected chi connectivity index (χ1v) is 39.8. The summed E-state index contributed by atoms with van der Waals surface area (Å²) in [5, 5.41) is 46.2. The third-order valence-corrected chi connectivity index (χ3v) is 23.9. The van der Waals surface area contributed by atoms with Gasteiger partial charge in [0.25, 0.3) is 10.1 Å². The number of rotatable bonds is 17. The molecule has 2 bridgehead atoms. The third-order valence-electron chi connectivity index (χ3n) is 19.6. The second kappa shape index (κ2) is 34.0. The second-order valence-corrected chi connectivity index (χ2v) is 32.8. The number of fused-ring (bicyclic) bond motifs is 13. The molecule has 35 heteroatoms. The Labute approximate surface area is 619 Å². The summed E-state index contributed by atoms with van der Waals surface area (Å²) in [4.78, 5) is 155. The molecule has 31 nitrogen and oxygen atoms in total. The fourth-order valence-electron chi connectivity index (χ4n) is 14.4. The van der Waals surface area contributed by atoms with E-state index in [1.165, 1.54) is 13.1 Å². The summed E-state index contributed by atoms with van der Waals surface area (Å²) in [6, 6.07) is 9.06. The van der Waals surface area contributed by atoms with Crippen molar-refractivity contribution in [1.29, 1.82) is 5.41 Å². The van der Waals surface area contributed by atoms with E-state index in [4.69, 9.17) is 15.9 Å². The monoisotopic (exact) mass is 1520 g/mol. The van der Waals surface area contributed by atoms with Crippen LogP contribution in [0.25, 0.3) is 0 Å². The van der Waals surface area contributed by atoms with Crippen LogP contribution in [-0.4, -0.2) is 217 Å². The van der Waals surface area contributed by atoms with Gasteiger partial charge in [0.15, 0.2) is 18.2 Å². The third kappa shape index (κ3) is 19.0. The van der Waals surface area contributed by atoms with Gasteiger partial charge in [0.2, 0.25) is 64.8 Å². The van der Waals surface area contributed by atoms with Crippen LogP contribution in [0.1, 0.15) is 101 Å². The van der Waals surface area contributed by atoms with Crippen molar-refractivity contribution in [2.75, 3.05) is 67.7 Å². The lowest BCUT2D eigenvalue weighted by Crippen LogP contribution is -2.60. The minimum atomic E-state index is -4.44. The number of nitrogens with zero attached hydrogens (tertiary/aromatic N) is 2. The number of allylic oxidation sites excluding steroid dienone is 1. The minimum Gasteiger partial charge on any atom is -0.481 e. The van der Waals surface area contributed by atoms with Crippen LogP contribution in [0.3, 0.4) is 0 Å². The smallest absolute Gasteiger partial charge is 0.305 e. The molecule has 105 heavy (non-hydrogen) atoms. The zero-order valence-corrected chi connectivity index (χ0v) is 62.0. The quantitative estimate of drug-likeness (QED) is 0.0212. The molecule has 2 saturated heterocycles. The second-order valence-electron chi connectivity index (χ2n) is 27.8. The number of amides is 10. The molecule has 16 N–H and O–H groups in total. The summed E-state index contributed by atoms with van der Waals surface area (Å²) in [7, 11) is -1.23. The van der Waals surface area contributed by atoms with Gasteiger partial charge < -0.3 is 79.0 Å². The number of carbonyl (C=O) groups excluding carboxylic acids is 10. The molecule has 0 saturated carbocycles. The number of nitrogens with one attached hydrogen (secondary N) is 12. The van der Waals surface area contributed by atoms with Gasteiger partial charge in [0.1, 0.15) is 42.3 Å². The Morgan fingerprint density at radius 3 is 2.05 bits per heavy atom. The van der Waals surface area contributed by atoms with Crippen molar-refractivity contribution in [3.05, 3.63) is 112 Å². The van der Waals surface area contributed by atoms with E-state index >= 15 is 0 Å². The lowest BCUT2D eigenvalue weighted by molar-refractivity contribution is -0.445. The molecule has 2 unspecified atom stereocenters. The number of carboxylic acid groups (broad SMARTS) is 1. The molecular formula is C70H90N15O16S4+. The molecule has 2 fully saturated rings. The Kier molecular flexibility index (Phi) is 25.5. The highest BCUT2D eigenvalue weighted by molar-refractivity contribution is 8.76. The molecule has 0 aromatic heterocycles. The molecule has 7 aliphatic rings. The number of guanidine groups is 1. The molecule has 0 aliphatic carbocycles. The van der Waals surface area contributed by atoms with Gasteiger partial charge in [-0.1, -0.05) is 77.9 Å². The highest BCUT2D eigenvalue weighted by atomic mass is 33.1. The van der Waals surface area contributed by atoms with E-state index in [2.05, 4.69) is 108 Å². The number of thioether (sulfide) groups is 1. The van der Waals surface area contributed by atoms with Crippen molar-refractivity contribution in [2.24, 2.45) is 5.73 Å². The average Bonchev–Trinajstić information content (AvgIpc) is 1.55. The van der Waals surface area contributed by atoms with Crippen molar-refractivity contribution in [2.45, 2.75) is 162 Å². The standard InChI is InChI=1S/C70H89N15O16S4/c1-69(2)42-26-38(16-18-51(42)84-24-20-53-40(59(69)84)30-41-54(101-53)21-25-85-52-19-17-39(105(98,99)100)29-43(52)70(3,4)60(41)85)28-55(86)74-22-10-9-14-45-63(93)82-49-34-103-104-35-50(67(97)80-46(27-37-12-7-6-8-13-37)64(94)81-48(61(91)73-5)33-102-36-57(88)77-45)83-65(95)47(31-58(89)90)78-56(87)32-76-62(92)44(79-66(49)96)15-11-23-75-68(71)72/h6-8,12-13,16-19,26,29-30,44-50,53-54H,9-11,14-15,20-25,27-28,31-36H2,1-5H3,(H15-,71,72,73,74,75,76,77,78,79,80,81,82,83,86,87,88,89,90,91,92,93,94,95,96,97,98,99,100)/p+1/t44-,45-,46-,47-,48-,49-,50-,53?,54?/m0/s1. The predicted molar refractivity (Wildman–Crippen MR) is 394 cm³/mol. The number of hydrogen-bond acceptors (Lipinski definition) is 19. The fourth-order valence-corrected chi connectivity index (χ4v) is 18.1. The Morgan fingerprint density at radius 1 is 0.705 bits per heavy atom. The first-order valence-electron chi connectivity index (χ1n) is 34.7. The molecule has 0 radical (unpaired) electrons. The average molecular weight is 1530 g/mol. The van der Waals surface area contributed by atoms with Gasteiger partial charge in [0.05, 0.1) is 47.7 Å². The van der Waals surface area contributed by atoms with Crippen LogP contribution in [0.5, 0.6) is 0 Å². The number of likely N-dealkylation sites (N-methyl/N-ethyl adjacent to an activating group) is 1. The fraction of sp³-hybridized carbons (Fsp3) is 0.500. The number of benzene rings is 3. The summed E-state index contributed by atoms with van der Waals surface area (Å²) in [5.74, 6) is -11.2. The highest BCUT2D eigenvalue weighted by Crippen LogP contribution is 2.54. The Hall–Kier alpha value is -9.03. The van der Waals surface area contributed by atoms with Gasteiger partial charge in [-0.3, -0.25) is 62.7 Å². The Bertz CT molecular complexity index is 4170. The van der Waals surface area contributed by atoms with Gasteiger partial charge >= 0.3 is 5.97 Å². The summed E-state index contributed by atoms with van der Waals surface area (Å²) >= 11 is 0.941. The van der Waals surface area contributed by atoms with E-state index in [-0.39, 0.29) is 104 Å². The maximum absolute atomic E-state index is 14.7. The summed E-state index contributed by atoms with van der Waals surface area (Å²) < 4.78 is 43.8. The topological polar surface area (TPSA) is 460 Å². The summed E-state index contributed by atoms with van der Waals surface area (Å²) in [5.41, 5.74) is 13.7. The molecular weight excluding hydrogens is 1440 g/mol. The first kappa shape index (κ1) is 78.6. The van der Waals surface area contributed by atoms with Gasteiger partial charge in [0, 0.05) is 96.4 Å². The molecule has 564 valence electrons. The predicted octanol–water partition coefficient (Wildman–Crippen LogP) is 0.0699. The van der Waals surface area contributed by atoms with E-state index in [1.54, 1.807) is 42.5 Å². The van der Waals surface area contributed by atoms with Crippen LogP contribution in [-0.2, 0) is 91.3 Å². The molecule has 3 aromatic carbocycles. The van der Waals surface area contributed by atoms with Crippen molar-refractivity contribution < 1.29 is 80.1 Å². The van der Waals surface area contributed by atoms with Crippen molar-refractivity contribution >= 4 is 132 Å². The van der Waals surface area contributed by atoms with Crippen LogP contribution in [0.2, 0.25) is 0 Å². The van der Waals surface area contributed by atoms with Crippen molar-refractivity contribution in [1.82, 2.24) is 58.5 Å². The van der Waals surface area contributed by atoms with E-state index in [9.17, 15) is 70.8 Å². The number of carbonyl (C=O) groups is 11. The summed E-state index contributed by atoms with van der Waals surface area (Å²) in [6.07, 6.45) is 2.93. The molecule has 7 heterocycles. The molecule has 0 spiro atoms. The van der Waals surface area contributed by atoms with Crippen LogP contribution in [0.15, 0.2) is 94.5 Å². The molecule has 10 rings (SSSR count). The van der Waals surface area contributed by atoms with Gasteiger partial charge in [-0.2, -0.15) is 13.0 Å². The molecule has 10 amide bonds. The molecule has 3 aromatic rings. The number of anilines is 1. The van der Waals surface area contributed by atoms with E-state index < -0.39 is 135 Å². The lowest BCUT2D eigenvalue weighted by atomic mass is 9.74. The normalized spacial score (nSPS) is 25.3. The van der Waals surface area contributed by atoms with Gasteiger partial charge in [-0.25, -0.2) is 0 Å². The molecule has 7 aliphatic heterocycles. The number of aliphatic carboxylic acids is 1. The summed E-state index contributed by atoms with van der Waals surface area (Å²) in [6.45, 7) is 9.27. The van der Waals surface area contributed by atoms with Gasteiger partial charge in [-0.15, -0.1) is 11.8 Å². The first-order chi connectivity index (χ1) is 49.9. The number of hydrogen-bond donors (Lipinski definition) is 15. The minimum absolute atomic E-state index is 0.0257. The van der Waals surface area contributed by atoms with E-state index in [0.29, 0.717) is 25.1 Å². The molecule has 9 atom stereocenters. The lowest BCUT2D eigenvalue weighted by Gasteiger charge is -2.42. The maximum atomic E-state index is 14.7. The van der Waals surface area contributed by atoms with Gasteiger partial charge in [-0.05, 0) is 93.3 Å². The van der Waals surface area contributed by atoms with Crippen molar-refractivity contribution in [3.8, 4) is 0 Å². The van der Waals surface area contributed by atoms with Crippen LogP contribution in [0.4, 0.5) is 11.4 Å². The maximum Gasteiger partial charge on any atom is 0.305 e. The number of carboxylic acids is 1. The Balaban J connectivity index is 0.859. The Morgan fingerprint density at radius 2 is 1.36 bits per heavy atom. The highest BCUT2D eigenvalue weighted by Gasteiger charge is 2.55. The number of nitrogens with two attached hydrogens (primary N) is 1.